The Hall–Kier alpha value is -1.79. The number of benzene rings is 1. The monoisotopic (exact) mass is 266 g/mol. The highest BCUT2D eigenvalue weighted by Crippen LogP contribution is 2.28. The molecule has 0 bridgehead atoms. The normalized spacial score (nSPS) is 22.1. The lowest BCUT2D eigenvalue weighted by Gasteiger charge is -2.18. The third-order valence-electron chi connectivity index (χ3n) is 3.10. The van der Waals surface area contributed by atoms with Crippen LogP contribution in [0, 0.1) is 0 Å². The molecule has 3 N–H and O–H groups in total. The van der Waals surface area contributed by atoms with Gasteiger partial charge in [-0.05, 0) is 12.1 Å². The largest absolute Gasteiger partial charge is 0.496 e. The first-order chi connectivity index (χ1) is 9.17. The molecule has 0 aliphatic carbocycles. The zero-order chi connectivity index (χ0) is 13.8. The molecule has 6 nitrogen and oxygen atoms in total. The van der Waals surface area contributed by atoms with Crippen LogP contribution < -0.4 is 20.5 Å². The van der Waals surface area contributed by atoms with E-state index in [-0.39, 0.29) is 18.0 Å². The minimum Gasteiger partial charge on any atom is -0.496 e. The topological polar surface area (TPSA) is 82.8 Å². The van der Waals surface area contributed by atoms with Crippen LogP contribution in [0.3, 0.4) is 0 Å². The van der Waals surface area contributed by atoms with Crippen molar-refractivity contribution in [2.75, 3.05) is 27.4 Å². The molecule has 1 heterocycles. The average molecular weight is 266 g/mol. The molecular weight excluding hydrogens is 248 g/mol. The number of methoxy groups -OCH3 is 2. The number of nitrogens with one attached hydrogen (secondary N) is 1. The van der Waals surface area contributed by atoms with Crippen LogP contribution in [0.15, 0.2) is 18.2 Å². The number of rotatable bonds is 4. The lowest BCUT2D eigenvalue weighted by Crippen LogP contribution is -2.46. The SMILES string of the molecule is COc1cccc(OC)c1C(=O)N[C@H]1COC[C@@H]1N. The molecule has 104 valence electrons. The lowest BCUT2D eigenvalue weighted by atomic mass is 10.1. The predicted molar refractivity (Wildman–Crippen MR) is 69.6 cm³/mol. The molecule has 1 aliphatic heterocycles. The van der Waals surface area contributed by atoms with Gasteiger partial charge in [0.15, 0.2) is 0 Å². The van der Waals surface area contributed by atoms with E-state index >= 15 is 0 Å². The van der Waals surface area contributed by atoms with Crippen molar-refractivity contribution >= 4 is 5.91 Å². The van der Waals surface area contributed by atoms with E-state index in [1.165, 1.54) is 14.2 Å². The number of carbonyl (C=O) groups is 1. The van der Waals surface area contributed by atoms with Gasteiger partial charge >= 0.3 is 0 Å². The number of ether oxygens (including phenoxy) is 3. The minimum absolute atomic E-state index is 0.190. The smallest absolute Gasteiger partial charge is 0.259 e. The first-order valence-corrected chi connectivity index (χ1v) is 6.02. The second-order valence-corrected chi connectivity index (χ2v) is 4.32. The molecule has 0 radical (unpaired) electrons. The highest BCUT2D eigenvalue weighted by atomic mass is 16.5. The summed E-state index contributed by atoms with van der Waals surface area (Å²) in [6.07, 6.45) is 0. The van der Waals surface area contributed by atoms with Gasteiger partial charge in [-0.2, -0.15) is 0 Å². The van der Waals surface area contributed by atoms with E-state index in [0.29, 0.717) is 30.3 Å². The third-order valence-corrected chi connectivity index (χ3v) is 3.10. The Morgan fingerprint density at radius 3 is 2.42 bits per heavy atom. The van der Waals surface area contributed by atoms with Crippen molar-refractivity contribution < 1.29 is 19.0 Å². The fourth-order valence-corrected chi connectivity index (χ4v) is 2.04. The molecule has 1 aromatic carbocycles. The minimum atomic E-state index is -0.278. The van der Waals surface area contributed by atoms with E-state index in [9.17, 15) is 4.79 Å². The molecular formula is C13H18N2O4. The predicted octanol–water partition coefficient (Wildman–Crippen LogP) is 0.160. The molecule has 0 saturated carbocycles. The lowest BCUT2D eigenvalue weighted by molar-refractivity contribution is 0.0922. The third kappa shape index (κ3) is 2.80. The molecule has 0 unspecified atom stereocenters. The zero-order valence-electron chi connectivity index (χ0n) is 11.0. The number of hydrogen-bond donors (Lipinski definition) is 2. The van der Waals surface area contributed by atoms with Crippen LogP contribution in [0.2, 0.25) is 0 Å². The first kappa shape index (κ1) is 13.6. The summed E-state index contributed by atoms with van der Waals surface area (Å²) in [6, 6.07) is 4.80. The number of amides is 1. The maximum Gasteiger partial charge on any atom is 0.259 e. The fourth-order valence-electron chi connectivity index (χ4n) is 2.04. The molecule has 1 aliphatic rings. The van der Waals surface area contributed by atoms with Crippen molar-refractivity contribution in [2.45, 2.75) is 12.1 Å². The molecule has 1 amide bonds. The Balaban J connectivity index is 2.22. The Morgan fingerprint density at radius 1 is 1.32 bits per heavy atom. The van der Waals surface area contributed by atoms with Crippen molar-refractivity contribution in [2.24, 2.45) is 5.73 Å². The Morgan fingerprint density at radius 2 is 1.95 bits per heavy atom. The summed E-state index contributed by atoms with van der Waals surface area (Å²) in [5.74, 6) is 0.647. The second kappa shape index (κ2) is 5.90. The van der Waals surface area contributed by atoms with Gasteiger partial charge in [-0.3, -0.25) is 4.79 Å². The fraction of sp³-hybridized carbons (Fsp3) is 0.462. The molecule has 0 aromatic heterocycles. The van der Waals surface area contributed by atoms with E-state index in [1.807, 2.05) is 0 Å². The van der Waals surface area contributed by atoms with Crippen molar-refractivity contribution in [3.63, 3.8) is 0 Å². The summed E-state index contributed by atoms with van der Waals surface area (Å²) in [5, 5.41) is 2.85. The van der Waals surface area contributed by atoms with Gasteiger partial charge in [0, 0.05) is 0 Å². The first-order valence-electron chi connectivity index (χ1n) is 6.02. The summed E-state index contributed by atoms with van der Waals surface area (Å²) >= 11 is 0. The molecule has 19 heavy (non-hydrogen) atoms. The number of nitrogens with two attached hydrogens (primary N) is 1. The molecule has 1 aromatic rings. The highest BCUT2D eigenvalue weighted by molar-refractivity contribution is 6.00. The van der Waals surface area contributed by atoms with Crippen molar-refractivity contribution in [1.82, 2.24) is 5.32 Å². The number of carbonyl (C=O) groups excluding carboxylic acids is 1. The van der Waals surface area contributed by atoms with Crippen molar-refractivity contribution in [3.05, 3.63) is 23.8 Å². The average Bonchev–Trinajstić information content (AvgIpc) is 2.83. The molecule has 6 heteroatoms. The van der Waals surface area contributed by atoms with Gasteiger partial charge in [-0.1, -0.05) is 6.07 Å². The molecule has 1 fully saturated rings. The van der Waals surface area contributed by atoms with Crippen LogP contribution in [0.4, 0.5) is 0 Å². The molecule has 2 atom stereocenters. The van der Waals surface area contributed by atoms with Crippen LogP contribution in [-0.2, 0) is 4.74 Å². The van der Waals surface area contributed by atoms with Crippen LogP contribution >= 0.6 is 0 Å². The standard InChI is InChI=1S/C13H18N2O4/c1-17-10-4-3-5-11(18-2)12(10)13(16)15-9-7-19-6-8(9)14/h3-5,8-9H,6-7,14H2,1-2H3,(H,15,16)/t8-,9-/m0/s1. The van der Waals surface area contributed by atoms with Crippen LogP contribution in [0.25, 0.3) is 0 Å². The number of hydrogen-bond acceptors (Lipinski definition) is 5. The second-order valence-electron chi connectivity index (χ2n) is 4.32. The van der Waals surface area contributed by atoms with Gasteiger partial charge in [0.05, 0.1) is 39.5 Å². The zero-order valence-corrected chi connectivity index (χ0v) is 11.0. The summed E-state index contributed by atoms with van der Waals surface area (Å²) in [4.78, 5) is 12.3. The molecule has 1 saturated heterocycles. The summed E-state index contributed by atoms with van der Waals surface area (Å²) < 4.78 is 15.6. The van der Waals surface area contributed by atoms with Gasteiger partial charge in [-0.25, -0.2) is 0 Å². The van der Waals surface area contributed by atoms with Crippen LogP contribution in [0.1, 0.15) is 10.4 Å². The van der Waals surface area contributed by atoms with Crippen molar-refractivity contribution in [1.29, 1.82) is 0 Å². The Kier molecular flexibility index (Phi) is 4.24. The van der Waals surface area contributed by atoms with Crippen molar-refractivity contribution in [3.8, 4) is 11.5 Å². The van der Waals surface area contributed by atoms with Gasteiger partial charge in [0.2, 0.25) is 0 Å². The van der Waals surface area contributed by atoms with Crippen LogP contribution in [-0.4, -0.2) is 45.4 Å². The highest BCUT2D eigenvalue weighted by Gasteiger charge is 2.28. The quantitative estimate of drug-likeness (QED) is 0.811. The van der Waals surface area contributed by atoms with Gasteiger partial charge in [-0.15, -0.1) is 0 Å². The van der Waals surface area contributed by atoms with E-state index in [4.69, 9.17) is 19.9 Å². The van der Waals surface area contributed by atoms with E-state index in [2.05, 4.69) is 5.32 Å². The maximum absolute atomic E-state index is 12.3. The van der Waals surface area contributed by atoms with Crippen LogP contribution in [0.5, 0.6) is 11.5 Å². The summed E-state index contributed by atoms with van der Waals surface area (Å²) in [5.41, 5.74) is 6.21. The molecule has 0 spiro atoms. The summed E-state index contributed by atoms with van der Waals surface area (Å²) in [6.45, 7) is 0.873. The van der Waals surface area contributed by atoms with E-state index in [1.54, 1.807) is 18.2 Å². The van der Waals surface area contributed by atoms with E-state index in [0.717, 1.165) is 0 Å². The summed E-state index contributed by atoms with van der Waals surface area (Å²) in [7, 11) is 3.02. The van der Waals surface area contributed by atoms with E-state index < -0.39 is 0 Å². The Labute approximate surface area is 111 Å². The maximum atomic E-state index is 12.3. The van der Waals surface area contributed by atoms with Gasteiger partial charge in [0.1, 0.15) is 17.1 Å². The Bertz CT molecular complexity index is 442. The van der Waals surface area contributed by atoms with Gasteiger partial charge in [0.25, 0.3) is 5.91 Å². The van der Waals surface area contributed by atoms with Gasteiger partial charge < -0.3 is 25.3 Å². The molecule has 2 rings (SSSR count).